The third kappa shape index (κ3) is 3.92. The van der Waals surface area contributed by atoms with E-state index in [-0.39, 0.29) is 11.7 Å². The van der Waals surface area contributed by atoms with E-state index in [1.54, 1.807) is 30.1 Å². The maximum Gasteiger partial charge on any atom is 0.236 e. The second-order valence-corrected chi connectivity index (χ2v) is 4.04. The van der Waals surface area contributed by atoms with Crippen molar-refractivity contribution in [1.29, 1.82) is 0 Å². The highest BCUT2D eigenvalue weighted by Gasteiger charge is 2.10. The number of nitrogens with zero attached hydrogens (tertiary/aromatic N) is 1. The molecule has 1 amide bonds. The van der Waals surface area contributed by atoms with Gasteiger partial charge in [-0.2, -0.15) is 0 Å². The molecule has 0 saturated carbocycles. The van der Waals surface area contributed by atoms with Crippen LogP contribution < -0.4 is 10.1 Å². The lowest BCUT2D eigenvalue weighted by Gasteiger charge is -2.18. The van der Waals surface area contributed by atoms with Crippen LogP contribution >= 0.6 is 0 Å². The number of carbonyl (C=O) groups excluding carboxylic acids is 1. The van der Waals surface area contributed by atoms with Crippen LogP contribution in [0, 0.1) is 0 Å². The predicted molar refractivity (Wildman–Crippen MR) is 69.7 cm³/mol. The van der Waals surface area contributed by atoms with Gasteiger partial charge in [0, 0.05) is 13.6 Å². The Kier molecular flexibility index (Phi) is 5.45. The number of likely N-dealkylation sites (N-methyl/N-ethyl adjacent to an activating group) is 2. The summed E-state index contributed by atoms with van der Waals surface area (Å²) in [7, 11) is 3.25. The molecule has 2 N–H and O–H groups in total. The van der Waals surface area contributed by atoms with Crippen LogP contribution in [0.1, 0.15) is 12.5 Å². The Bertz CT molecular complexity index is 407. The molecule has 0 heterocycles. The summed E-state index contributed by atoms with van der Waals surface area (Å²) in [5.41, 5.74) is 0.914. The monoisotopic (exact) mass is 252 g/mol. The van der Waals surface area contributed by atoms with Crippen LogP contribution in [0.5, 0.6) is 11.5 Å². The minimum atomic E-state index is 0.0314. The van der Waals surface area contributed by atoms with Gasteiger partial charge >= 0.3 is 0 Å². The number of nitrogens with one attached hydrogen (secondary N) is 1. The molecule has 0 radical (unpaired) electrons. The first-order valence-electron chi connectivity index (χ1n) is 5.89. The van der Waals surface area contributed by atoms with Gasteiger partial charge in [0.25, 0.3) is 0 Å². The highest BCUT2D eigenvalue weighted by molar-refractivity contribution is 5.77. The smallest absolute Gasteiger partial charge is 0.236 e. The first-order valence-corrected chi connectivity index (χ1v) is 5.89. The first-order chi connectivity index (χ1) is 8.58. The molecule has 0 aromatic heterocycles. The maximum atomic E-state index is 11.7. The fourth-order valence-corrected chi connectivity index (χ4v) is 1.55. The van der Waals surface area contributed by atoms with E-state index in [0.29, 0.717) is 18.8 Å². The fraction of sp³-hybridized carbons (Fsp3) is 0.462. The number of carbonyl (C=O) groups is 1. The Morgan fingerprint density at radius 3 is 2.83 bits per heavy atom. The number of hydrogen-bond donors (Lipinski definition) is 2. The van der Waals surface area contributed by atoms with E-state index in [0.717, 1.165) is 12.1 Å². The standard InChI is InChI=1S/C13H20N2O3/c1-4-14-8-13(17)15(2)9-10-5-6-11(16)12(7-10)18-3/h5-7,14,16H,4,8-9H2,1-3H3. The van der Waals surface area contributed by atoms with Crippen LogP contribution in [0.4, 0.5) is 0 Å². The molecule has 0 atom stereocenters. The summed E-state index contributed by atoms with van der Waals surface area (Å²) in [6.07, 6.45) is 0. The molecule has 0 aliphatic heterocycles. The molecule has 0 fully saturated rings. The van der Waals surface area contributed by atoms with Crippen molar-refractivity contribution in [3.63, 3.8) is 0 Å². The summed E-state index contributed by atoms with van der Waals surface area (Å²) in [6, 6.07) is 5.07. The van der Waals surface area contributed by atoms with Crippen LogP contribution in [0.15, 0.2) is 18.2 Å². The van der Waals surface area contributed by atoms with Gasteiger partial charge in [0.05, 0.1) is 13.7 Å². The maximum absolute atomic E-state index is 11.7. The lowest BCUT2D eigenvalue weighted by molar-refractivity contribution is -0.129. The van der Waals surface area contributed by atoms with E-state index in [9.17, 15) is 9.90 Å². The number of aromatic hydroxyl groups is 1. The van der Waals surface area contributed by atoms with E-state index in [4.69, 9.17) is 4.74 Å². The van der Waals surface area contributed by atoms with Crippen LogP contribution in [0.2, 0.25) is 0 Å². The van der Waals surface area contributed by atoms with Gasteiger partial charge in [-0.3, -0.25) is 4.79 Å². The molecule has 0 spiro atoms. The molecule has 0 aliphatic rings. The summed E-state index contributed by atoms with van der Waals surface area (Å²) in [5, 5.41) is 12.5. The molecule has 1 rings (SSSR count). The van der Waals surface area contributed by atoms with Crippen molar-refractivity contribution in [2.45, 2.75) is 13.5 Å². The Morgan fingerprint density at radius 2 is 2.22 bits per heavy atom. The number of ether oxygens (including phenoxy) is 1. The second-order valence-electron chi connectivity index (χ2n) is 4.04. The minimum absolute atomic E-state index is 0.0314. The van der Waals surface area contributed by atoms with Crippen molar-refractivity contribution >= 4 is 5.91 Å². The van der Waals surface area contributed by atoms with Gasteiger partial charge in [-0.15, -0.1) is 0 Å². The van der Waals surface area contributed by atoms with E-state index >= 15 is 0 Å². The predicted octanol–water partition coefficient (Wildman–Crippen LogP) is 0.969. The molecule has 0 aliphatic carbocycles. The molecule has 1 aromatic carbocycles. The number of phenols is 1. The van der Waals surface area contributed by atoms with E-state index in [1.165, 1.54) is 7.11 Å². The summed E-state index contributed by atoms with van der Waals surface area (Å²) < 4.78 is 5.03. The molecule has 5 nitrogen and oxygen atoms in total. The number of benzene rings is 1. The summed E-state index contributed by atoms with van der Waals surface area (Å²) in [5.74, 6) is 0.548. The molecule has 0 bridgehead atoms. The van der Waals surface area contributed by atoms with Crippen molar-refractivity contribution < 1.29 is 14.6 Å². The highest BCUT2D eigenvalue weighted by Crippen LogP contribution is 2.26. The fourth-order valence-electron chi connectivity index (χ4n) is 1.55. The van der Waals surface area contributed by atoms with Crippen molar-refractivity contribution in [3.8, 4) is 11.5 Å². The summed E-state index contributed by atoms with van der Waals surface area (Å²) in [6.45, 7) is 3.55. The van der Waals surface area contributed by atoms with E-state index in [1.807, 2.05) is 6.92 Å². The zero-order chi connectivity index (χ0) is 13.5. The quantitative estimate of drug-likeness (QED) is 0.792. The highest BCUT2D eigenvalue weighted by atomic mass is 16.5. The number of phenolic OH excluding ortho intramolecular Hbond substituents is 1. The molecule has 0 saturated heterocycles. The van der Waals surface area contributed by atoms with Crippen LogP contribution in [0.3, 0.4) is 0 Å². The van der Waals surface area contributed by atoms with Crippen molar-refractivity contribution in [3.05, 3.63) is 23.8 Å². The van der Waals surface area contributed by atoms with E-state index in [2.05, 4.69) is 5.32 Å². The number of methoxy groups -OCH3 is 1. The number of amides is 1. The number of rotatable bonds is 6. The number of hydrogen-bond acceptors (Lipinski definition) is 4. The zero-order valence-electron chi connectivity index (χ0n) is 11.1. The molecule has 0 unspecified atom stereocenters. The Balaban J connectivity index is 2.64. The zero-order valence-corrected chi connectivity index (χ0v) is 11.1. The van der Waals surface area contributed by atoms with Crippen molar-refractivity contribution in [2.75, 3.05) is 27.2 Å². The van der Waals surface area contributed by atoms with Gasteiger partial charge < -0.3 is 20.1 Å². The molecule has 100 valence electrons. The molecular weight excluding hydrogens is 232 g/mol. The summed E-state index contributed by atoms with van der Waals surface area (Å²) in [4.78, 5) is 13.3. The third-order valence-corrected chi connectivity index (χ3v) is 2.62. The average Bonchev–Trinajstić information content (AvgIpc) is 2.37. The average molecular weight is 252 g/mol. The van der Waals surface area contributed by atoms with Gasteiger partial charge in [0.1, 0.15) is 0 Å². The normalized spacial score (nSPS) is 10.2. The minimum Gasteiger partial charge on any atom is -0.504 e. The second kappa shape index (κ2) is 6.86. The topological polar surface area (TPSA) is 61.8 Å². The van der Waals surface area contributed by atoms with Gasteiger partial charge in [0.15, 0.2) is 11.5 Å². The molecule has 18 heavy (non-hydrogen) atoms. The Morgan fingerprint density at radius 1 is 1.50 bits per heavy atom. The Labute approximate surface area is 107 Å². The van der Waals surface area contributed by atoms with Gasteiger partial charge in [-0.25, -0.2) is 0 Å². The largest absolute Gasteiger partial charge is 0.504 e. The first kappa shape index (κ1) is 14.3. The molecular formula is C13H20N2O3. The summed E-state index contributed by atoms with van der Waals surface area (Å²) >= 11 is 0. The van der Waals surface area contributed by atoms with Gasteiger partial charge in [-0.1, -0.05) is 13.0 Å². The van der Waals surface area contributed by atoms with Crippen molar-refractivity contribution in [2.24, 2.45) is 0 Å². The molecule has 1 aromatic rings. The van der Waals surface area contributed by atoms with Crippen molar-refractivity contribution in [1.82, 2.24) is 10.2 Å². The van der Waals surface area contributed by atoms with Crippen LogP contribution in [-0.2, 0) is 11.3 Å². The van der Waals surface area contributed by atoms with E-state index < -0.39 is 0 Å². The van der Waals surface area contributed by atoms with Gasteiger partial charge in [0.2, 0.25) is 5.91 Å². The lowest BCUT2D eigenvalue weighted by atomic mass is 10.2. The van der Waals surface area contributed by atoms with Crippen LogP contribution in [-0.4, -0.2) is 43.2 Å². The SMILES string of the molecule is CCNCC(=O)N(C)Cc1ccc(O)c(OC)c1. The molecule has 5 heteroatoms. The third-order valence-electron chi connectivity index (χ3n) is 2.62. The van der Waals surface area contributed by atoms with Gasteiger partial charge in [-0.05, 0) is 24.2 Å². The van der Waals surface area contributed by atoms with Crippen LogP contribution in [0.25, 0.3) is 0 Å². The Hall–Kier alpha value is -1.75. The lowest BCUT2D eigenvalue weighted by Crippen LogP contribution is -2.35.